The molecule has 1 atom stereocenters. The van der Waals surface area contributed by atoms with E-state index in [0.29, 0.717) is 0 Å². The molecule has 3 aromatic rings. The van der Waals surface area contributed by atoms with Gasteiger partial charge in [0.15, 0.2) is 0 Å². The third kappa shape index (κ3) is 2.55. The highest BCUT2D eigenvalue weighted by atomic mass is 14.9. The van der Waals surface area contributed by atoms with E-state index >= 15 is 0 Å². The van der Waals surface area contributed by atoms with E-state index in [2.05, 4.69) is 66.6 Å². The number of nitrogens with one attached hydrogen (secondary N) is 1. The number of fused-ring (bicyclic) bond motifs is 1. The van der Waals surface area contributed by atoms with Crippen molar-refractivity contribution in [3.63, 3.8) is 0 Å². The fourth-order valence-corrected chi connectivity index (χ4v) is 3.00. The number of benzene rings is 2. The second-order valence-corrected chi connectivity index (χ2v) is 5.50. The summed E-state index contributed by atoms with van der Waals surface area (Å²) >= 11 is 0. The molecule has 0 aliphatic carbocycles. The van der Waals surface area contributed by atoms with Gasteiger partial charge in [-0.1, -0.05) is 42.0 Å². The van der Waals surface area contributed by atoms with Crippen LogP contribution in [0.5, 0.6) is 0 Å². The summed E-state index contributed by atoms with van der Waals surface area (Å²) in [6.45, 7) is 4.31. The summed E-state index contributed by atoms with van der Waals surface area (Å²) < 4.78 is 0. The maximum Gasteiger partial charge on any atom is 0.0705 e. The molecule has 21 heavy (non-hydrogen) atoms. The van der Waals surface area contributed by atoms with Gasteiger partial charge >= 0.3 is 0 Å². The Morgan fingerprint density at radius 2 is 1.76 bits per heavy atom. The molecular formula is C19H20N2. The Morgan fingerprint density at radius 1 is 0.952 bits per heavy atom. The molecule has 2 heteroatoms. The second kappa shape index (κ2) is 5.66. The van der Waals surface area contributed by atoms with Crippen LogP contribution >= 0.6 is 0 Å². The number of para-hydroxylation sites is 1. The van der Waals surface area contributed by atoms with Crippen molar-refractivity contribution in [3.8, 4) is 0 Å². The summed E-state index contributed by atoms with van der Waals surface area (Å²) in [5, 5.41) is 4.67. The Balaban J connectivity index is 2.18. The molecule has 1 aromatic heterocycles. The monoisotopic (exact) mass is 276 g/mol. The van der Waals surface area contributed by atoms with Crippen molar-refractivity contribution in [2.75, 3.05) is 7.05 Å². The number of aryl methyl sites for hydroxylation is 2. The molecule has 2 nitrogen and oxygen atoms in total. The summed E-state index contributed by atoms with van der Waals surface area (Å²) in [4.78, 5) is 4.46. The molecule has 0 aliphatic heterocycles. The Hall–Kier alpha value is -2.19. The topological polar surface area (TPSA) is 24.9 Å². The van der Waals surface area contributed by atoms with E-state index < -0.39 is 0 Å². The van der Waals surface area contributed by atoms with Gasteiger partial charge in [0, 0.05) is 11.6 Å². The van der Waals surface area contributed by atoms with E-state index in [4.69, 9.17) is 0 Å². The SMILES string of the molecule is CNC(c1ccc(C)cc1C)c1ccnc2ccccc12. The molecule has 0 radical (unpaired) electrons. The lowest BCUT2D eigenvalue weighted by Crippen LogP contribution is -2.19. The number of aromatic nitrogens is 1. The minimum absolute atomic E-state index is 0.179. The van der Waals surface area contributed by atoms with Crippen LogP contribution < -0.4 is 5.32 Å². The van der Waals surface area contributed by atoms with Gasteiger partial charge in [0.2, 0.25) is 0 Å². The van der Waals surface area contributed by atoms with Gasteiger partial charge < -0.3 is 5.32 Å². The van der Waals surface area contributed by atoms with Crippen LogP contribution in [-0.4, -0.2) is 12.0 Å². The minimum atomic E-state index is 0.179. The third-order valence-electron chi connectivity index (χ3n) is 4.02. The van der Waals surface area contributed by atoms with Gasteiger partial charge in [0.25, 0.3) is 0 Å². The lowest BCUT2D eigenvalue weighted by atomic mass is 9.92. The summed E-state index contributed by atoms with van der Waals surface area (Å²) in [5.74, 6) is 0. The van der Waals surface area contributed by atoms with Crippen LogP contribution in [0, 0.1) is 13.8 Å². The molecule has 1 unspecified atom stereocenters. The fraction of sp³-hybridized carbons (Fsp3) is 0.211. The summed E-state index contributed by atoms with van der Waals surface area (Å²) in [5.41, 5.74) is 6.25. The molecule has 0 amide bonds. The minimum Gasteiger partial charge on any atom is -0.309 e. The molecule has 0 bridgehead atoms. The quantitative estimate of drug-likeness (QED) is 0.777. The smallest absolute Gasteiger partial charge is 0.0705 e. The average molecular weight is 276 g/mol. The van der Waals surface area contributed by atoms with Crippen LogP contribution in [0.4, 0.5) is 0 Å². The molecule has 3 rings (SSSR count). The summed E-state index contributed by atoms with van der Waals surface area (Å²) in [6, 6.07) is 17.2. The number of rotatable bonds is 3. The largest absolute Gasteiger partial charge is 0.309 e. The first-order valence-electron chi connectivity index (χ1n) is 7.29. The summed E-state index contributed by atoms with van der Waals surface area (Å²) in [6.07, 6.45) is 1.89. The predicted octanol–water partition coefficient (Wildman–Crippen LogP) is 4.16. The van der Waals surface area contributed by atoms with Crippen LogP contribution in [0.1, 0.15) is 28.3 Å². The normalized spacial score (nSPS) is 12.5. The van der Waals surface area contributed by atoms with Crippen molar-refractivity contribution in [1.82, 2.24) is 10.3 Å². The zero-order valence-electron chi connectivity index (χ0n) is 12.7. The molecule has 0 spiro atoms. The lowest BCUT2D eigenvalue weighted by molar-refractivity contribution is 0.691. The molecular weight excluding hydrogens is 256 g/mol. The van der Waals surface area contributed by atoms with Gasteiger partial charge in [-0.15, -0.1) is 0 Å². The molecule has 106 valence electrons. The van der Waals surface area contributed by atoms with E-state index in [1.807, 2.05) is 19.3 Å². The lowest BCUT2D eigenvalue weighted by Gasteiger charge is -2.21. The molecule has 2 aromatic carbocycles. The maximum atomic E-state index is 4.46. The van der Waals surface area contributed by atoms with Crippen LogP contribution in [0.25, 0.3) is 10.9 Å². The second-order valence-electron chi connectivity index (χ2n) is 5.50. The first-order chi connectivity index (χ1) is 10.2. The maximum absolute atomic E-state index is 4.46. The molecule has 0 fully saturated rings. The number of nitrogens with zero attached hydrogens (tertiary/aromatic N) is 1. The Kier molecular flexibility index (Phi) is 3.72. The van der Waals surface area contributed by atoms with Gasteiger partial charge in [-0.05, 0) is 49.7 Å². The first-order valence-corrected chi connectivity index (χ1v) is 7.29. The van der Waals surface area contributed by atoms with Crippen molar-refractivity contribution in [2.24, 2.45) is 0 Å². The summed E-state index contributed by atoms with van der Waals surface area (Å²) in [7, 11) is 2.01. The van der Waals surface area contributed by atoms with E-state index in [1.165, 1.54) is 27.6 Å². The van der Waals surface area contributed by atoms with E-state index in [9.17, 15) is 0 Å². The Morgan fingerprint density at radius 3 is 2.52 bits per heavy atom. The highest BCUT2D eigenvalue weighted by molar-refractivity contribution is 5.82. The zero-order valence-corrected chi connectivity index (χ0v) is 12.7. The zero-order chi connectivity index (χ0) is 14.8. The number of hydrogen-bond acceptors (Lipinski definition) is 2. The standard InChI is InChI=1S/C19H20N2/c1-13-8-9-15(14(2)12-13)19(20-3)17-10-11-21-18-7-5-4-6-16(17)18/h4-12,19-20H,1-3H3. The van der Waals surface area contributed by atoms with E-state index in [1.54, 1.807) is 0 Å². The van der Waals surface area contributed by atoms with Crippen LogP contribution in [0.3, 0.4) is 0 Å². The van der Waals surface area contributed by atoms with Crippen molar-refractivity contribution in [1.29, 1.82) is 0 Å². The van der Waals surface area contributed by atoms with Crippen molar-refractivity contribution < 1.29 is 0 Å². The van der Waals surface area contributed by atoms with Gasteiger partial charge in [0.05, 0.1) is 11.6 Å². The van der Waals surface area contributed by atoms with Crippen LogP contribution in [0.2, 0.25) is 0 Å². The van der Waals surface area contributed by atoms with E-state index in [0.717, 1.165) is 5.52 Å². The Labute approximate surface area is 125 Å². The van der Waals surface area contributed by atoms with Gasteiger partial charge in [0.1, 0.15) is 0 Å². The highest BCUT2D eigenvalue weighted by Gasteiger charge is 2.16. The highest BCUT2D eigenvalue weighted by Crippen LogP contribution is 2.29. The van der Waals surface area contributed by atoms with Gasteiger partial charge in [-0.25, -0.2) is 0 Å². The van der Waals surface area contributed by atoms with Crippen molar-refractivity contribution >= 4 is 10.9 Å². The van der Waals surface area contributed by atoms with Gasteiger partial charge in [-0.3, -0.25) is 4.98 Å². The van der Waals surface area contributed by atoms with Crippen molar-refractivity contribution in [2.45, 2.75) is 19.9 Å². The Bertz CT molecular complexity index is 772. The fourth-order valence-electron chi connectivity index (χ4n) is 3.00. The number of hydrogen-bond donors (Lipinski definition) is 1. The third-order valence-corrected chi connectivity index (χ3v) is 4.02. The number of pyridine rings is 1. The molecule has 1 N–H and O–H groups in total. The van der Waals surface area contributed by atoms with E-state index in [-0.39, 0.29) is 6.04 Å². The molecule has 0 saturated carbocycles. The van der Waals surface area contributed by atoms with Gasteiger partial charge in [-0.2, -0.15) is 0 Å². The van der Waals surface area contributed by atoms with Crippen LogP contribution in [-0.2, 0) is 0 Å². The average Bonchev–Trinajstić information content (AvgIpc) is 2.50. The molecule has 0 saturated heterocycles. The first kappa shape index (κ1) is 13.8. The predicted molar refractivity (Wildman–Crippen MR) is 88.6 cm³/mol. The molecule has 0 aliphatic rings. The van der Waals surface area contributed by atoms with Crippen molar-refractivity contribution in [3.05, 3.63) is 77.0 Å². The van der Waals surface area contributed by atoms with Crippen LogP contribution in [0.15, 0.2) is 54.7 Å². The molecule has 1 heterocycles.